The van der Waals surface area contributed by atoms with Gasteiger partial charge in [0, 0.05) is 0 Å². The van der Waals surface area contributed by atoms with E-state index in [1.54, 1.807) is 22.3 Å². The van der Waals surface area contributed by atoms with Crippen LogP contribution < -0.4 is 0 Å². The summed E-state index contributed by atoms with van der Waals surface area (Å²) in [5.74, 6) is 0. The van der Waals surface area contributed by atoms with Crippen LogP contribution in [0.1, 0.15) is 79.2 Å². The van der Waals surface area contributed by atoms with Crippen LogP contribution in [0.4, 0.5) is 0 Å². The van der Waals surface area contributed by atoms with E-state index in [0.717, 1.165) is 12.8 Å². The molecule has 3 aliphatic carbocycles. The third-order valence-electron chi connectivity index (χ3n) is 8.33. The second kappa shape index (κ2) is 8.91. The lowest BCUT2D eigenvalue weighted by Gasteiger charge is -2.30. The zero-order valence-corrected chi connectivity index (χ0v) is 20.3. The van der Waals surface area contributed by atoms with Gasteiger partial charge in [0.15, 0.2) is 0 Å². The molecule has 3 aromatic carbocycles. The van der Waals surface area contributed by atoms with E-state index < -0.39 is 0 Å². The first-order chi connectivity index (χ1) is 16.8. The number of hydrogen-bond donors (Lipinski definition) is 0. The Hall–Kier alpha value is -3.12. The first-order valence-electron chi connectivity index (χ1n) is 13.2. The summed E-state index contributed by atoms with van der Waals surface area (Å²) in [6, 6.07) is 16.0. The molecule has 0 nitrogen and oxygen atoms in total. The van der Waals surface area contributed by atoms with Crippen molar-refractivity contribution in [2.45, 2.75) is 64.2 Å². The van der Waals surface area contributed by atoms with Gasteiger partial charge in [-0.2, -0.15) is 0 Å². The van der Waals surface area contributed by atoms with E-state index >= 15 is 0 Å². The minimum atomic E-state index is 1.13. The fourth-order valence-corrected chi connectivity index (χ4v) is 6.85. The van der Waals surface area contributed by atoms with Crippen molar-refractivity contribution in [3.05, 3.63) is 101 Å². The molecule has 170 valence electrons. The summed E-state index contributed by atoms with van der Waals surface area (Å²) >= 11 is 0. The topological polar surface area (TPSA) is 0 Å². The molecule has 3 aromatic rings. The number of benzene rings is 3. The molecule has 6 rings (SSSR count). The van der Waals surface area contributed by atoms with Gasteiger partial charge in [-0.15, -0.1) is 0 Å². The highest BCUT2D eigenvalue weighted by atomic mass is 14.3. The third kappa shape index (κ3) is 3.35. The van der Waals surface area contributed by atoms with E-state index in [-0.39, 0.29) is 0 Å². The van der Waals surface area contributed by atoms with E-state index in [9.17, 15) is 0 Å². The van der Waals surface area contributed by atoms with Gasteiger partial charge in [0.1, 0.15) is 0 Å². The summed E-state index contributed by atoms with van der Waals surface area (Å²) in [7, 11) is 0. The largest absolute Gasteiger partial charge is 0.0984 e. The maximum atomic E-state index is 4.34. The predicted molar refractivity (Wildman–Crippen MR) is 149 cm³/mol. The predicted octanol–water partition coefficient (Wildman–Crippen LogP) is 9.72. The minimum Gasteiger partial charge on any atom is -0.0984 e. The van der Waals surface area contributed by atoms with Crippen molar-refractivity contribution in [3.8, 4) is 11.1 Å². The van der Waals surface area contributed by atoms with Crippen LogP contribution in [0, 0.1) is 0 Å². The van der Waals surface area contributed by atoms with Crippen molar-refractivity contribution < 1.29 is 0 Å². The summed E-state index contributed by atoms with van der Waals surface area (Å²) in [4.78, 5) is 0. The van der Waals surface area contributed by atoms with Gasteiger partial charge >= 0.3 is 0 Å². The van der Waals surface area contributed by atoms with Gasteiger partial charge in [-0.3, -0.25) is 0 Å². The van der Waals surface area contributed by atoms with Gasteiger partial charge < -0.3 is 0 Å². The molecule has 0 heteroatoms. The Morgan fingerprint density at radius 3 is 2.15 bits per heavy atom. The quantitative estimate of drug-likeness (QED) is 0.377. The Balaban J connectivity index is 1.72. The molecule has 0 bridgehead atoms. The van der Waals surface area contributed by atoms with Crippen LogP contribution in [0.3, 0.4) is 0 Å². The molecule has 0 radical (unpaired) electrons. The molecule has 1 fully saturated rings. The smallest absolute Gasteiger partial charge is 0.00237 e. The van der Waals surface area contributed by atoms with Gasteiger partial charge in [0.25, 0.3) is 0 Å². The molecule has 0 amide bonds. The normalized spacial score (nSPS) is 17.7. The molecule has 0 aliphatic heterocycles. The van der Waals surface area contributed by atoms with Crippen LogP contribution in [-0.4, -0.2) is 0 Å². The second-order valence-corrected chi connectivity index (χ2v) is 10.1. The molecule has 3 aliphatic rings. The van der Waals surface area contributed by atoms with E-state index in [4.69, 9.17) is 0 Å². The van der Waals surface area contributed by atoms with E-state index in [1.165, 1.54) is 95.5 Å². The highest BCUT2D eigenvalue weighted by Crippen LogP contribution is 2.48. The Bertz CT molecular complexity index is 1370. The zero-order valence-electron chi connectivity index (χ0n) is 20.3. The molecule has 0 aromatic heterocycles. The lowest BCUT2D eigenvalue weighted by Crippen LogP contribution is -2.09. The Kier molecular flexibility index (Phi) is 5.61. The van der Waals surface area contributed by atoms with Crippen molar-refractivity contribution in [2.75, 3.05) is 0 Å². The summed E-state index contributed by atoms with van der Waals surface area (Å²) in [6.45, 7) is 8.68. The minimum absolute atomic E-state index is 1.13. The number of rotatable bonds is 4. The monoisotopic (exact) mass is 442 g/mol. The van der Waals surface area contributed by atoms with Crippen LogP contribution in [-0.2, 0) is 12.8 Å². The van der Waals surface area contributed by atoms with Gasteiger partial charge in [0.05, 0.1) is 0 Å². The Morgan fingerprint density at radius 2 is 1.32 bits per heavy atom. The third-order valence-corrected chi connectivity index (χ3v) is 8.33. The van der Waals surface area contributed by atoms with E-state index in [2.05, 4.69) is 73.9 Å². The van der Waals surface area contributed by atoms with Gasteiger partial charge in [-0.05, 0) is 131 Å². The van der Waals surface area contributed by atoms with E-state index in [1.807, 2.05) is 0 Å². The summed E-state index contributed by atoms with van der Waals surface area (Å²) in [6.07, 6.45) is 19.0. The standard InChI is InChI=1S/C34H34/c1-3-25-26(4-2)34(30-22-12-16-24-14-6-8-18-28(24)30)32-20-10-9-19-31(32)33(25)29-21-11-15-23-13-5-7-17-27(23)29/h3-4,9-11,15-16,19-21H,1-2,5-8,12-14,17-18,22H2. The molecule has 0 N–H and O–H groups in total. The van der Waals surface area contributed by atoms with Crippen LogP contribution in [0.5, 0.6) is 0 Å². The fraction of sp³-hybridized carbons (Fsp3) is 0.294. The highest BCUT2D eigenvalue weighted by Gasteiger charge is 2.26. The molecule has 0 atom stereocenters. The first kappa shape index (κ1) is 21.4. The number of aryl methyl sites for hydroxylation is 1. The fourth-order valence-electron chi connectivity index (χ4n) is 6.85. The summed E-state index contributed by atoms with van der Waals surface area (Å²) in [5.41, 5.74) is 14.5. The first-order valence-corrected chi connectivity index (χ1v) is 13.2. The summed E-state index contributed by atoms with van der Waals surface area (Å²) < 4.78 is 0. The van der Waals surface area contributed by atoms with Gasteiger partial charge in [0.2, 0.25) is 0 Å². The maximum Gasteiger partial charge on any atom is -0.00237 e. The Labute approximate surface area is 204 Å². The molecule has 34 heavy (non-hydrogen) atoms. The van der Waals surface area contributed by atoms with Crippen LogP contribution >= 0.6 is 0 Å². The van der Waals surface area contributed by atoms with Crippen molar-refractivity contribution in [1.82, 2.24) is 0 Å². The SMILES string of the molecule is C=Cc1c(C=C)c(-c2cccc3c2CCCC3)c2ccccc2c1C1=C2CCCCC2=CCC1. The molecular weight excluding hydrogens is 408 g/mol. The number of allylic oxidation sites excluding steroid dienone is 4. The average Bonchev–Trinajstić information content (AvgIpc) is 2.91. The van der Waals surface area contributed by atoms with Gasteiger partial charge in [-0.1, -0.05) is 73.9 Å². The number of hydrogen-bond acceptors (Lipinski definition) is 0. The lowest BCUT2D eigenvalue weighted by atomic mass is 9.74. The molecule has 0 saturated heterocycles. The summed E-state index contributed by atoms with van der Waals surface area (Å²) in [5, 5.41) is 2.73. The van der Waals surface area contributed by atoms with Crippen molar-refractivity contribution in [2.24, 2.45) is 0 Å². The lowest BCUT2D eigenvalue weighted by molar-refractivity contribution is 0.669. The van der Waals surface area contributed by atoms with Crippen molar-refractivity contribution in [3.63, 3.8) is 0 Å². The maximum absolute atomic E-state index is 4.34. The van der Waals surface area contributed by atoms with E-state index in [0.29, 0.717) is 0 Å². The van der Waals surface area contributed by atoms with Crippen molar-refractivity contribution >= 4 is 28.5 Å². The second-order valence-electron chi connectivity index (χ2n) is 10.1. The van der Waals surface area contributed by atoms with Crippen LogP contribution in [0.2, 0.25) is 0 Å². The highest BCUT2D eigenvalue weighted by molar-refractivity contribution is 6.10. The Morgan fingerprint density at radius 1 is 0.618 bits per heavy atom. The van der Waals surface area contributed by atoms with Crippen molar-refractivity contribution in [1.29, 1.82) is 0 Å². The molecule has 1 saturated carbocycles. The van der Waals surface area contributed by atoms with Crippen LogP contribution in [0.15, 0.2) is 72.8 Å². The molecule has 0 spiro atoms. The van der Waals surface area contributed by atoms with Gasteiger partial charge in [-0.25, -0.2) is 0 Å². The molecular formula is C34H34. The number of fused-ring (bicyclic) bond motifs is 3. The molecule has 0 heterocycles. The van der Waals surface area contributed by atoms with Crippen LogP contribution in [0.25, 0.3) is 39.6 Å². The zero-order chi connectivity index (χ0) is 23.1. The average molecular weight is 443 g/mol. The molecule has 0 unspecified atom stereocenters.